The molecule has 0 radical (unpaired) electrons. The highest BCUT2D eigenvalue weighted by molar-refractivity contribution is 6.09. The van der Waals surface area contributed by atoms with Gasteiger partial charge in [-0.15, -0.1) is 0 Å². The zero-order valence-electron chi connectivity index (χ0n) is 12.5. The number of nitrogen functional groups attached to an aromatic ring is 1. The van der Waals surface area contributed by atoms with Gasteiger partial charge in [0, 0.05) is 5.69 Å². The molecule has 0 unspecified atom stereocenters. The second-order valence-electron chi connectivity index (χ2n) is 5.08. The van der Waals surface area contributed by atoms with E-state index in [0.29, 0.717) is 16.9 Å². The van der Waals surface area contributed by atoms with Gasteiger partial charge in [0.2, 0.25) is 0 Å². The third-order valence-corrected chi connectivity index (χ3v) is 3.43. The highest BCUT2D eigenvalue weighted by Gasteiger charge is 2.12. The van der Waals surface area contributed by atoms with Crippen LogP contribution < -0.4 is 16.4 Å². The van der Waals surface area contributed by atoms with Gasteiger partial charge in [0.25, 0.3) is 5.91 Å². The molecule has 1 amide bonds. The number of carbonyl (C=O) groups is 1. The zero-order valence-corrected chi connectivity index (χ0v) is 12.5. The standard InChI is InChI=1S/C19H17N3O/c20-16-11-5-7-13-18(16)22-19(23)15-10-4-6-12-17(15)21-14-8-2-1-3-9-14/h1-13,21H,20H2,(H,22,23). The molecule has 0 aliphatic heterocycles. The summed E-state index contributed by atoms with van der Waals surface area (Å²) in [7, 11) is 0. The first-order valence-corrected chi connectivity index (χ1v) is 7.31. The average Bonchev–Trinajstić information content (AvgIpc) is 2.58. The normalized spacial score (nSPS) is 10.1. The number of hydrogen-bond acceptors (Lipinski definition) is 3. The molecule has 3 aromatic carbocycles. The van der Waals surface area contributed by atoms with Crippen LogP contribution in [-0.4, -0.2) is 5.91 Å². The molecule has 0 aromatic heterocycles. The number of anilines is 4. The Kier molecular flexibility index (Phi) is 4.25. The molecule has 0 saturated heterocycles. The maximum absolute atomic E-state index is 12.6. The lowest BCUT2D eigenvalue weighted by molar-refractivity contribution is 0.102. The van der Waals surface area contributed by atoms with Crippen molar-refractivity contribution in [3.8, 4) is 0 Å². The van der Waals surface area contributed by atoms with Crippen LogP contribution in [0.3, 0.4) is 0 Å². The predicted molar refractivity (Wildman–Crippen MR) is 95.0 cm³/mol. The van der Waals surface area contributed by atoms with Gasteiger partial charge >= 0.3 is 0 Å². The number of benzene rings is 3. The molecule has 0 bridgehead atoms. The molecule has 114 valence electrons. The molecule has 4 nitrogen and oxygen atoms in total. The van der Waals surface area contributed by atoms with Crippen LogP contribution in [0.15, 0.2) is 78.9 Å². The maximum Gasteiger partial charge on any atom is 0.257 e. The Morgan fingerprint density at radius 1 is 0.739 bits per heavy atom. The van der Waals surface area contributed by atoms with Gasteiger partial charge in [-0.25, -0.2) is 0 Å². The molecule has 0 saturated carbocycles. The third-order valence-electron chi connectivity index (χ3n) is 3.43. The second-order valence-corrected chi connectivity index (χ2v) is 5.08. The highest BCUT2D eigenvalue weighted by atomic mass is 16.1. The lowest BCUT2D eigenvalue weighted by Crippen LogP contribution is -2.14. The predicted octanol–water partition coefficient (Wildman–Crippen LogP) is 4.26. The van der Waals surface area contributed by atoms with Gasteiger partial charge in [-0.1, -0.05) is 42.5 Å². The third kappa shape index (κ3) is 3.49. The van der Waals surface area contributed by atoms with Crippen LogP contribution >= 0.6 is 0 Å². The molecule has 0 atom stereocenters. The Morgan fingerprint density at radius 3 is 2.09 bits per heavy atom. The van der Waals surface area contributed by atoms with Crippen molar-refractivity contribution in [3.05, 3.63) is 84.4 Å². The van der Waals surface area contributed by atoms with E-state index in [0.717, 1.165) is 11.4 Å². The molecule has 0 fully saturated rings. The van der Waals surface area contributed by atoms with E-state index in [-0.39, 0.29) is 5.91 Å². The van der Waals surface area contributed by atoms with Crippen molar-refractivity contribution >= 4 is 28.7 Å². The Balaban J connectivity index is 1.85. The van der Waals surface area contributed by atoms with E-state index >= 15 is 0 Å². The first-order valence-electron chi connectivity index (χ1n) is 7.31. The summed E-state index contributed by atoms with van der Waals surface area (Å²) < 4.78 is 0. The maximum atomic E-state index is 12.6. The molecular formula is C19H17N3O. The molecule has 0 spiro atoms. The Morgan fingerprint density at radius 2 is 1.35 bits per heavy atom. The lowest BCUT2D eigenvalue weighted by Gasteiger charge is -2.13. The van der Waals surface area contributed by atoms with Crippen LogP contribution in [0.4, 0.5) is 22.7 Å². The summed E-state index contributed by atoms with van der Waals surface area (Å²) in [5, 5.41) is 6.11. The molecule has 0 heterocycles. The van der Waals surface area contributed by atoms with Crippen LogP contribution in [0.25, 0.3) is 0 Å². The molecule has 0 aliphatic carbocycles. The lowest BCUT2D eigenvalue weighted by atomic mass is 10.1. The van der Waals surface area contributed by atoms with Gasteiger partial charge in [-0.2, -0.15) is 0 Å². The van der Waals surface area contributed by atoms with Crippen molar-refractivity contribution in [1.82, 2.24) is 0 Å². The summed E-state index contributed by atoms with van der Waals surface area (Å²) in [5.41, 5.74) is 9.24. The molecular weight excluding hydrogens is 286 g/mol. The minimum Gasteiger partial charge on any atom is -0.397 e. The highest BCUT2D eigenvalue weighted by Crippen LogP contribution is 2.23. The largest absolute Gasteiger partial charge is 0.397 e. The van der Waals surface area contributed by atoms with E-state index in [9.17, 15) is 4.79 Å². The van der Waals surface area contributed by atoms with Crippen LogP contribution in [-0.2, 0) is 0 Å². The smallest absolute Gasteiger partial charge is 0.257 e. The van der Waals surface area contributed by atoms with E-state index in [1.165, 1.54) is 0 Å². The fourth-order valence-electron chi connectivity index (χ4n) is 2.27. The van der Waals surface area contributed by atoms with E-state index in [2.05, 4.69) is 10.6 Å². The van der Waals surface area contributed by atoms with Crippen molar-refractivity contribution < 1.29 is 4.79 Å². The molecule has 0 aliphatic rings. The zero-order chi connectivity index (χ0) is 16.1. The van der Waals surface area contributed by atoms with Gasteiger partial charge in [0.1, 0.15) is 0 Å². The van der Waals surface area contributed by atoms with Gasteiger partial charge in [-0.05, 0) is 36.4 Å². The summed E-state index contributed by atoms with van der Waals surface area (Å²) in [5.74, 6) is -0.207. The monoisotopic (exact) mass is 303 g/mol. The Hall–Kier alpha value is -3.27. The van der Waals surface area contributed by atoms with Gasteiger partial charge in [0.15, 0.2) is 0 Å². The summed E-state index contributed by atoms with van der Waals surface area (Å²) in [6.45, 7) is 0. The van der Waals surface area contributed by atoms with Gasteiger partial charge < -0.3 is 16.4 Å². The van der Waals surface area contributed by atoms with Crippen molar-refractivity contribution in [2.24, 2.45) is 0 Å². The first kappa shape index (κ1) is 14.7. The van der Waals surface area contributed by atoms with Crippen molar-refractivity contribution in [1.29, 1.82) is 0 Å². The number of rotatable bonds is 4. The first-order chi connectivity index (χ1) is 11.2. The van der Waals surface area contributed by atoms with Gasteiger partial charge in [-0.3, -0.25) is 4.79 Å². The van der Waals surface area contributed by atoms with Crippen molar-refractivity contribution in [2.75, 3.05) is 16.4 Å². The molecule has 23 heavy (non-hydrogen) atoms. The topological polar surface area (TPSA) is 67.1 Å². The Bertz CT molecular complexity index is 816. The molecule has 4 heteroatoms. The van der Waals surface area contributed by atoms with Crippen LogP contribution in [0.1, 0.15) is 10.4 Å². The number of carbonyl (C=O) groups excluding carboxylic acids is 1. The number of nitrogens with two attached hydrogens (primary N) is 1. The summed E-state index contributed by atoms with van der Waals surface area (Å²) in [6.07, 6.45) is 0. The fourth-order valence-corrected chi connectivity index (χ4v) is 2.27. The summed E-state index contributed by atoms with van der Waals surface area (Å²) >= 11 is 0. The van der Waals surface area contributed by atoms with E-state index < -0.39 is 0 Å². The van der Waals surface area contributed by atoms with Crippen LogP contribution in [0.2, 0.25) is 0 Å². The van der Waals surface area contributed by atoms with Gasteiger partial charge in [0.05, 0.1) is 22.6 Å². The molecule has 3 rings (SSSR count). The van der Waals surface area contributed by atoms with Crippen molar-refractivity contribution in [3.63, 3.8) is 0 Å². The van der Waals surface area contributed by atoms with Crippen LogP contribution in [0, 0.1) is 0 Å². The molecule has 3 aromatic rings. The van der Waals surface area contributed by atoms with E-state index in [1.807, 2.05) is 60.7 Å². The number of amides is 1. The molecule has 4 N–H and O–H groups in total. The fraction of sp³-hybridized carbons (Fsp3) is 0. The SMILES string of the molecule is Nc1ccccc1NC(=O)c1ccccc1Nc1ccccc1. The Labute approximate surface area is 135 Å². The van der Waals surface area contributed by atoms with Crippen molar-refractivity contribution in [2.45, 2.75) is 0 Å². The second kappa shape index (κ2) is 6.66. The summed E-state index contributed by atoms with van der Waals surface area (Å²) in [4.78, 5) is 12.6. The van der Waals surface area contributed by atoms with E-state index in [4.69, 9.17) is 5.73 Å². The quantitative estimate of drug-likeness (QED) is 0.631. The summed E-state index contributed by atoms with van der Waals surface area (Å²) in [6, 6.07) is 24.3. The number of nitrogens with one attached hydrogen (secondary N) is 2. The average molecular weight is 303 g/mol. The minimum absolute atomic E-state index is 0.207. The number of para-hydroxylation sites is 4. The number of hydrogen-bond donors (Lipinski definition) is 3. The minimum atomic E-state index is -0.207. The van der Waals surface area contributed by atoms with Crippen LogP contribution in [0.5, 0.6) is 0 Å². The van der Waals surface area contributed by atoms with E-state index in [1.54, 1.807) is 18.2 Å².